The highest BCUT2D eigenvalue weighted by Gasteiger charge is 2.19. The van der Waals surface area contributed by atoms with Crippen LogP contribution in [0.25, 0.3) is 0 Å². The predicted molar refractivity (Wildman–Crippen MR) is 60.7 cm³/mol. The van der Waals surface area contributed by atoms with E-state index in [1.807, 2.05) is 6.92 Å². The van der Waals surface area contributed by atoms with Gasteiger partial charge in [-0.2, -0.15) is 0 Å². The topological polar surface area (TPSA) is 26.3 Å². The summed E-state index contributed by atoms with van der Waals surface area (Å²) >= 11 is 0. The molecule has 0 spiro atoms. The average molecular weight is 224 g/mol. The molecule has 3 heteroatoms. The number of halogens is 1. The molecule has 0 aromatic heterocycles. The third-order valence-electron chi connectivity index (χ3n) is 2.28. The molecule has 1 rings (SSSR count). The first kappa shape index (κ1) is 12.8. The molecule has 0 fully saturated rings. The van der Waals surface area contributed by atoms with Crippen LogP contribution in [-0.4, -0.2) is 12.4 Å². The summed E-state index contributed by atoms with van der Waals surface area (Å²) in [6, 6.07) is 6.03. The molecule has 0 saturated carbocycles. The molecule has 0 radical (unpaired) electrons. The second-order valence-electron chi connectivity index (χ2n) is 3.63. The van der Waals surface area contributed by atoms with Crippen LogP contribution in [0.2, 0.25) is 0 Å². The number of ketones is 1. The third-order valence-corrected chi connectivity index (χ3v) is 2.28. The summed E-state index contributed by atoms with van der Waals surface area (Å²) in [6.45, 7) is 4.26. The molecule has 0 amide bonds. The first-order valence-electron chi connectivity index (χ1n) is 5.58. The summed E-state index contributed by atoms with van der Waals surface area (Å²) in [5.74, 6) is -0.356. The van der Waals surface area contributed by atoms with Crippen LogP contribution in [0.3, 0.4) is 0 Å². The quantitative estimate of drug-likeness (QED) is 0.741. The van der Waals surface area contributed by atoms with Crippen molar-refractivity contribution in [3.05, 3.63) is 35.6 Å². The van der Waals surface area contributed by atoms with Crippen molar-refractivity contribution in [2.24, 2.45) is 0 Å². The minimum atomic E-state index is -0.624. The zero-order valence-corrected chi connectivity index (χ0v) is 9.70. The molecular formula is C13H17FO2. The Balaban J connectivity index is 2.87. The first-order valence-corrected chi connectivity index (χ1v) is 5.58. The van der Waals surface area contributed by atoms with E-state index in [1.54, 1.807) is 19.1 Å². The van der Waals surface area contributed by atoms with Crippen LogP contribution in [0.15, 0.2) is 24.3 Å². The molecule has 1 aromatic carbocycles. The van der Waals surface area contributed by atoms with Crippen LogP contribution in [0.5, 0.6) is 0 Å². The number of carbonyl (C=O) groups is 1. The van der Waals surface area contributed by atoms with E-state index in [1.165, 1.54) is 12.1 Å². The van der Waals surface area contributed by atoms with Crippen molar-refractivity contribution in [1.29, 1.82) is 0 Å². The van der Waals surface area contributed by atoms with Gasteiger partial charge in [-0.1, -0.05) is 26.0 Å². The van der Waals surface area contributed by atoms with E-state index in [2.05, 4.69) is 0 Å². The Morgan fingerprint density at radius 1 is 1.44 bits per heavy atom. The van der Waals surface area contributed by atoms with Crippen LogP contribution in [0.1, 0.15) is 38.4 Å². The fourth-order valence-corrected chi connectivity index (χ4v) is 1.47. The highest BCUT2D eigenvalue weighted by molar-refractivity contribution is 5.84. The molecule has 0 bridgehead atoms. The molecule has 0 N–H and O–H groups in total. The zero-order valence-electron chi connectivity index (χ0n) is 9.70. The molecule has 0 aliphatic rings. The number of hydrogen-bond acceptors (Lipinski definition) is 2. The third kappa shape index (κ3) is 3.42. The average Bonchev–Trinajstić information content (AvgIpc) is 2.29. The maximum Gasteiger partial charge on any atom is 0.165 e. The Labute approximate surface area is 95.4 Å². The van der Waals surface area contributed by atoms with E-state index < -0.39 is 6.10 Å². The standard InChI is InChI=1S/C13H17FO2/c1-3-8-16-13(12(15)4-2)10-6-5-7-11(14)9-10/h5-7,9,13H,3-4,8H2,1-2H3. The summed E-state index contributed by atoms with van der Waals surface area (Å²) in [5, 5.41) is 0. The lowest BCUT2D eigenvalue weighted by atomic mass is 10.0. The molecule has 0 heterocycles. The second kappa shape index (κ2) is 6.38. The van der Waals surface area contributed by atoms with E-state index in [-0.39, 0.29) is 11.6 Å². The molecule has 1 aromatic rings. The van der Waals surface area contributed by atoms with E-state index in [0.29, 0.717) is 18.6 Å². The van der Waals surface area contributed by atoms with Crippen LogP contribution in [0.4, 0.5) is 4.39 Å². The molecule has 16 heavy (non-hydrogen) atoms. The van der Waals surface area contributed by atoms with Gasteiger partial charge < -0.3 is 4.74 Å². The zero-order chi connectivity index (χ0) is 12.0. The SMILES string of the molecule is CCCOC(C(=O)CC)c1cccc(F)c1. The number of carbonyl (C=O) groups excluding carboxylic acids is 1. The molecule has 0 aliphatic heterocycles. The van der Waals surface area contributed by atoms with Gasteiger partial charge in [0.1, 0.15) is 11.9 Å². The number of hydrogen-bond donors (Lipinski definition) is 0. The van der Waals surface area contributed by atoms with E-state index in [0.717, 1.165) is 6.42 Å². The number of benzene rings is 1. The van der Waals surface area contributed by atoms with Gasteiger partial charge in [-0.25, -0.2) is 4.39 Å². The summed E-state index contributed by atoms with van der Waals surface area (Å²) < 4.78 is 18.5. The van der Waals surface area contributed by atoms with Crippen molar-refractivity contribution in [2.75, 3.05) is 6.61 Å². The Hall–Kier alpha value is -1.22. The second-order valence-corrected chi connectivity index (χ2v) is 3.63. The normalized spacial score (nSPS) is 12.4. The molecule has 1 unspecified atom stereocenters. The van der Waals surface area contributed by atoms with Crippen molar-refractivity contribution in [3.63, 3.8) is 0 Å². The summed E-state index contributed by atoms with van der Waals surface area (Å²) in [4.78, 5) is 11.7. The van der Waals surface area contributed by atoms with Gasteiger partial charge in [0.25, 0.3) is 0 Å². The van der Waals surface area contributed by atoms with Gasteiger partial charge in [0.15, 0.2) is 5.78 Å². The summed E-state index contributed by atoms with van der Waals surface area (Å²) in [6.07, 6.45) is 0.605. The smallest absolute Gasteiger partial charge is 0.165 e. The Bertz CT molecular complexity index is 350. The molecule has 88 valence electrons. The van der Waals surface area contributed by atoms with E-state index in [4.69, 9.17) is 4.74 Å². The number of ether oxygens (including phenoxy) is 1. The summed E-state index contributed by atoms with van der Waals surface area (Å²) in [7, 11) is 0. The highest BCUT2D eigenvalue weighted by atomic mass is 19.1. The first-order chi connectivity index (χ1) is 7.69. The maximum atomic E-state index is 13.1. The maximum absolute atomic E-state index is 13.1. The van der Waals surface area contributed by atoms with E-state index >= 15 is 0 Å². The van der Waals surface area contributed by atoms with Crippen LogP contribution in [-0.2, 0) is 9.53 Å². The number of Topliss-reactive ketones (excluding diaryl/α,β-unsaturated/α-hetero) is 1. The van der Waals surface area contributed by atoms with Gasteiger partial charge >= 0.3 is 0 Å². The largest absolute Gasteiger partial charge is 0.366 e. The summed E-state index contributed by atoms with van der Waals surface area (Å²) in [5.41, 5.74) is 0.598. The Morgan fingerprint density at radius 3 is 2.75 bits per heavy atom. The van der Waals surface area contributed by atoms with Gasteiger partial charge in [0.05, 0.1) is 0 Å². The Kier molecular flexibility index (Phi) is 5.12. The highest BCUT2D eigenvalue weighted by Crippen LogP contribution is 2.20. The van der Waals surface area contributed by atoms with Crippen LogP contribution < -0.4 is 0 Å². The Morgan fingerprint density at radius 2 is 2.19 bits per heavy atom. The van der Waals surface area contributed by atoms with Crippen molar-refractivity contribution in [1.82, 2.24) is 0 Å². The van der Waals surface area contributed by atoms with E-state index in [9.17, 15) is 9.18 Å². The van der Waals surface area contributed by atoms with Crippen molar-refractivity contribution in [2.45, 2.75) is 32.8 Å². The van der Waals surface area contributed by atoms with Gasteiger partial charge in [0, 0.05) is 13.0 Å². The van der Waals surface area contributed by atoms with Gasteiger partial charge in [-0.3, -0.25) is 4.79 Å². The lowest BCUT2D eigenvalue weighted by Gasteiger charge is -2.16. The fraction of sp³-hybridized carbons (Fsp3) is 0.462. The molecule has 1 atom stereocenters. The van der Waals surface area contributed by atoms with Gasteiger partial charge in [-0.15, -0.1) is 0 Å². The minimum Gasteiger partial charge on any atom is -0.366 e. The van der Waals surface area contributed by atoms with Gasteiger partial charge in [-0.05, 0) is 24.1 Å². The van der Waals surface area contributed by atoms with Crippen molar-refractivity contribution < 1.29 is 13.9 Å². The van der Waals surface area contributed by atoms with Gasteiger partial charge in [0.2, 0.25) is 0 Å². The molecular weight excluding hydrogens is 207 g/mol. The van der Waals surface area contributed by atoms with Crippen LogP contribution in [0, 0.1) is 5.82 Å². The molecule has 2 nitrogen and oxygen atoms in total. The lowest BCUT2D eigenvalue weighted by molar-refractivity contribution is -0.130. The minimum absolute atomic E-state index is 0.0148. The van der Waals surface area contributed by atoms with Crippen molar-refractivity contribution in [3.8, 4) is 0 Å². The number of rotatable bonds is 6. The monoisotopic (exact) mass is 224 g/mol. The van der Waals surface area contributed by atoms with Crippen LogP contribution >= 0.6 is 0 Å². The fourth-order valence-electron chi connectivity index (χ4n) is 1.47. The lowest BCUT2D eigenvalue weighted by Crippen LogP contribution is -2.16. The molecule has 0 aliphatic carbocycles. The predicted octanol–water partition coefficient (Wildman–Crippen LogP) is 3.27. The molecule has 0 saturated heterocycles. The van der Waals surface area contributed by atoms with Crippen molar-refractivity contribution >= 4 is 5.78 Å².